The first kappa shape index (κ1) is 30.0. The molecular weight excluding hydrogens is 466 g/mol. The Morgan fingerprint density at radius 3 is 2.65 bits per heavy atom. The monoisotopic (exact) mass is 517 g/mol. The van der Waals surface area contributed by atoms with Crippen LogP contribution in [0, 0.1) is 23.7 Å². The van der Waals surface area contributed by atoms with E-state index in [2.05, 4.69) is 30.1 Å². The molecule has 0 bridgehead atoms. The second kappa shape index (κ2) is 15.2. The van der Waals surface area contributed by atoms with E-state index in [1.54, 1.807) is 0 Å². The summed E-state index contributed by atoms with van der Waals surface area (Å²) in [5, 5.41) is 42.0. The Hall–Kier alpha value is -1.50. The number of rotatable bonds is 17. The van der Waals surface area contributed by atoms with E-state index in [0.717, 1.165) is 51.5 Å². The van der Waals surface area contributed by atoms with E-state index >= 15 is 0 Å². The van der Waals surface area contributed by atoms with Gasteiger partial charge in [-0.15, -0.1) is 0 Å². The molecule has 3 rings (SSSR count). The number of carbonyl (C=O) groups is 1. The molecule has 1 aliphatic heterocycles. The maximum Gasteiger partial charge on any atom is 0.309 e. The number of hydrogen-bond donors (Lipinski definition) is 4. The van der Waals surface area contributed by atoms with Crippen molar-refractivity contribution in [3.63, 3.8) is 0 Å². The molecule has 37 heavy (non-hydrogen) atoms. The Morgan fingerprint density at radius 1 is 1.14 bits per heavy atom. The van der Waals surface area contributed by atoms with Crippen molar-refractivity contribution in [3.05, 3.63) is 23.8 Å². The molecule has 0 amide bonds. The maximum atomic E-state index is 11.9. The average molecular weight is 518 g/mol. The first-order valence-corrected chi connectivity index (χ1v) is 15.0. The van der Waals surface area contributed by atoms with E-state index in [-0.39, 0.29) is 12.0 Å². The van der Waals surface area contributed by atoms with E-state index in [9.17, 15) is 25.2 Å². The fourth-order valence-corrected chi connectivity index (χ4v) is 6.65. The molecule has 0 radical (unpaired) electrons. The number of hydrogen-bond acceptors (Lipinski definition) is 5. The first-order valence-electron chi connectivity index (χ1n) is 15.0. The van der Waals surface area contributed by atoms with Gasteiger partial charge < -0.3 is 20.4 Å². The summed E-state index contributed by atoms with van der Waals surface area (Å²) in [5.74, 6) is -0.599. The van der Waals surface area contributed by atoms with Crippen LogP contribution < -0.4 is 0 Å². The molecule has 0 unspecified atom stereocenters. The van der Waals surface area contributed by atoms with E-state index in [1.807, 2.05) is 6.21 Å². The van der Waals surface area contributed by atoms with Crippen LogP contribution in [0.2, 0.25) is 0 Å². The largest absolute Gasteiger partial charge is 0.481 e. The summed E-state index contributed by atoms with van der Waals surface area (Å²) in [5.41, 5.74) is 0.454. The second-order valence-electron chi connectivity index (χ2n) is 12.1. The number of allylic oxidation sites excluding steroid dienone is 2. The molecule has 6 nitrogen and oxygen atoms in total. The van der Waals surface area contributed by atoms with Gasteiger partial charge in [0.25, 0.3) is 0 Å². The minimum atomic E-state index is -0.948. The summed E-state index contributed by atoms with van der Waals surface area (Å²) in [6, 6.07) is 0. The number of aliphatic carboxylic acids is 1. The molecule has 0 aromatic heterocycles. The van der Waals surface area contributed by atoms with Crippen LogP contribution in [0.3, 0.4) is 0 Å². The van der Waals surface area contributed by atoms with Gasteiger partial charge in [-0.3, -0.25) is 9.79 Å². The average Bonchev–Trinajstić information content (AvgIpc) is 3.51. The number of nitrogens with zero attached hydrogens (tertiary/aromatic N) is 1. The van der Waals surface area contributed by atoms with E-state index in [1.165, 1.54) is 31.3 Å². The quantitative estimate of drug-likeness (QED) is 0.143. The normalized spacial score (nSPS) is 31.0. The molecule has 0 aromatic carbocycles. The van der Waals surface area contributed by atoms with Crippen molar-refractivity contribution in [1.29, 1.82) is 0 Å². The number of carboxylic acids is 1. The van der Waals surface area contributed by atoms with Crippen LogP contribution in [0.1, 0.15) is 110 Å². The number of aliphatic hydroxyl groups is 3. The summed E-state index contributed by atoms with van der Waals surface area (Å²) in [6.45, 7) is 2.97. The first-order chi connectivity index (χ1) is 17.8. The van der Waals surface area contributed by atoms with Crippen molar-refractivity contribution in [3.8, 4) is 0 Å². The topological polar surface area (TPSA) is 110 Å². The lowest BCUT2D eigenvalue weighted by Gasteiger charge is -2.28. The fraction of sp³-hybridized carbons (Fsp3) is 0.806. The van der Waals surface area contributed by atoms with E-state index in [4.69, 9.17) is 0 Å². The van der Waals surface area contributed by atoms with Crippen molar-refractivity contribution in [2.24, 2.45) is 28.7 Å². The molecule has 0 saturated heterocycles. The molecule has 1 fully saturated rings. The summed E-state index contributed by atoms with van der Waals surface area (Å²) in [6.07, 6.45) is 21.2. The van der Waals surface area contributed by atoms with Crippen molar-refractivity contribution in [2.45, 2.75) is 127 Å². The zero-order valence-corrected chi connectivity index (χ0v) is 22.9. The van der Waals surface area contributed by atoms with Gasteiger partial charge in [0.2, 0.25) is 0 Å². The molecule has 7 atom stereocenters. The highest BCUT2D eigenvalue weighted by Gasteiger charge is 2.38. The van der Waals surface area contributed by atoms with Crippen molar-refractivity contribution in [1.82, 2.24) is 0 Å². The van der Waals surface area contributed by atoms with Gasteiger partial charge in [0, 0.05) is 12.1 Å². The van der Waals surface area contributed by atoms with E-state index < -0.39 is 23.6 Å². The van der Waals surface area contributed by atoms with Gasteiger partial charge in [-0.2, -0.15) is 0 Å². The molecular formula is C31H51NO5. The minimum Gasteiger partial charge on any atom is -0.481 e. The lowest BCUT2D eigenvalue weighted by Crippen LogP contribution is -2.32. The van der Waals surface area contributed by atoms with Crippen LogP contribution >= 0.6 is 0 Å². The molecule has 1 saturated carbocycles. The van der Waals surface area contributed by atoms with Crippen LogP contribution in [-0.4, -0.2) is 57.0 Å². The van der Waals surface area contributed by atoms with Gasteiger partial charge in [0.1, 0.15) is 0 Å². The Bertz CT molecular complexity index is 792. The zero-order chi connectivity index (χ0) is 26.7. The summed E-state index contributed by atoms with van der Waals surface area (Å²) in [4.78, 5) is 16.1. The Balaban J connectivity index is 1.32. The SMILES string of the molecule is CCCCC[C@@H]1C=C[C@@H](CCCCC[C@H](C(=O)O)[C@H](O)CC[C@]2(O)CC[C@H](CC3=CCN=C3)C2)[C@H](O)C1. The van der Waals surface area contributed by atoms with Gasteiger partial charge in [0.05, 0.1) is 30.3 Å². The smallest absolute Gasteiger partial charge is 0.309 e. The lowest BCUT2D eigenvalue weighted by atomic mass is 9.81. The molecule has 0 aromatic rings. The van der Waals surface area contributed by atoms with Crippen LogP contribution in [0.25, 0.3) is 0 Å². The van der Waals surface area contributed by atoms with Crippen LogP contribution in [0.5, 0.6) is 0 Å². The predicted molar refractivity (Wildman–Crippen MR) is 149 cm³/mol. The van der Waals surface area contributed by atoms with Crippen molar-refractivity contribution < 1.29 is 25.2 Å². The van der Waals surface area contributed by atoms with Crippen LogP contribution in [-0.2, 0) is 4.79 Å². The third-order valence-electron chi connectivity index (χ3n) is 9.01. The second-order valence-corrected chi connectivity index (χ2v) is 12.1. The molecule has 210 valence electrons. The van der Waals surface area contributed by atoms with Crippen molar-refractivity contribution >= 4 is 12.2 Å². The van der Waals surface area contributed by atoms with Gasteiger partial charge in [-0.25, -0.2) is 0 Å². The van der Waals surface area contributed by atoms with E-state index in [0.29, 0.717) is 43.9 Å². The summed E-state index contributed by atoms with van der Waals surface area (Å²) < 4.78 is 0. The highest BCUT2D eigenvalue weighted by atomic mass is 16.4. The molecule has 0 spiro atoms. The Labute approximate surface area is 224 Å². The number of aliphatic imine (C=N–C) groups is 1. The van der Waals surface area contributed by atoms with Crippen molar-refractivity contribution in [2.75, 3.05) is 6.54 Å². The third-order valence-corrected chi connectivity index (χ3v) is 9.01. The van der Waals surface area contributed by atoms with Gasteiger partial charge in [-0.05, 0) is 81.6 Å². The summed E-state index contributed by atoms with van der Waals surface area (Å²) in [7, 11) is 0. The molecule has 1 heterocycles. The van der Waals surface area contributed by atoms with Crippen LogP contribution in [0.4, 0.5) is 0 Å². The highest BCUT2D eigenvalue weighted by molar-refractivity contribution is 5.80. The standard InChI is InChI=1S/C31H51NO5/c1-2-3-5-8-23-11-12-26(29(34)20-23)9-6-4-7-10-27(30(35)36)28(33)14-17-31(37)16-13-24(21-31)19-25-15-18-32-22-25/h11-12,15,22-24,26-29,33-34,37H,2-10,13-14,16-21H2,1H3,(H,35,36)/t23-,24-,26-,27+,28-,29-,31-/m1/s1. The molecule has 2 aliphatic carbocycles. The summed E-state index contributed by atoms with van der Waals surface area (Å²) >= 11 is 0. The number of unbranched alkanes of at least 4 members (excludes halogenated alkanes) is 4. The maximum absolute atomic E-state index is 11.9. The lowest BCUT2D eigenvalue weighted by molar-refractivity contribution is -0.146. The Kier molecular flexibility index (Phi) is 12.3. The number of carboxylic acid groups (broad SMARTS) is 1. The van der Waals surface area contributed by atoms with Crippen LogP contribution in [0.15, 0.2) is 28.8 Å². The zero-order valence-electron chi connectivity index (χ0n) is 22.9. The predicted octanol–water partition coefficient (Wildman–Crippen LogP) is 5.84. The Morgan fingerprint density at radius 2 is 1.95 bits per heavy atom. The molecule has 6 heteroatoms. The third kappa shape index (κ3) is 9.96. The highest BCUT2D eigenvalue weighted by Crippen LogP contribution is 2.41. The fourth-order valence-electron chi connectivity index (χ4n) is 6.65. The van der Waals surface area contributed by atoms with Gasteiger partial charge >= 0.3 is 5.97 Å². The van der Waals surface area contributed by atoms with Gasteiger partial charge in [0.15, 0.2) is 0 Å². The molecule has 3 aliphatic rings. The molecule has 4 N–H and O–H groups in total. The minimum absolute atomic E-state index is 0.205. The number of aliphatic hydroxyl groups excluding tert-OH is 2. The van der Waals surface area contributed by atoms with Gasteiger partial charge in [-0.1, -0.05) is 63.7 Å².